The van der Waals surface area contributed by atoms with Crippen molar-refractivity contribution in [1.82, 2.24) is 0 Å². The van der Waals surface area contributed by atoms with Gasteiger partial charge < -0.3 is 5.11 Å². The van der Waals surface area contributed by atoms with E-state index in [0.29, 0.717) is 0 Å². The maximum atomic E-state index is 11.6. The molecule has 0 radical (unpaired) electrons. The molecule has 14 heavy (non-hydrogen) atoms. The van der Waals surface area contributed by atoms with Crippen molar-refractivity contribution in [2.24, 2.45) is 5.41 Å². The first-order valence-corrected chi connectivity index (χ1v) is 6.56. The number of sulfone groups is 1. The number of aliphatic hydroxyl groups is 1. The van der Waals surface area contributed by atoms with Gasteiger partial charge in [-0.15, -0.1) is 0 Å². The molecule has 0 aliphatic rings. The maximum Gasteiger partial charge on any atom is 0.153 e. The van der Waals surface area contributed by atoms with Crippen LogP contribution in [-0.4, -0.2) is 30.1 Å². The van der Waals surface area contributed by atoms with Gasteiger partial charge in [-0.2, -0.15) is 0 Å². The van der Waals surface area contributed by atoms with Gasteiger partial charge in [-0.3, -0.25) is 0 Å². The molecule has 0 rings (SSSR count). The molecule has 0 saturated heterocycles. The van der Waals surface area contributed by atoms with Crippen molar-refractivity contribution in [3.63, 3.8) is 0 Å². The standard InChI is InChI=1S/C10H22O3S/c1-8(2,9(3,4)11)10(5,6)14(7,12)13/h11H,1-7H3. The minimum absolute atomic E-state index is 0.715. The summed E-state index contributed by atoms with van der Waals surface area (Å²) in [5.41, 5.74) is -1.76. The average molecular weight is 222 g/mol. The largest absolute Gasteiger partial charge is 0.390 e. The van der Waals surface area contributed by atoms with Crippen LogP contribution in [0.1, 0.15) is 41.5 Å². The van der Waals surface area contributed by atoms with Crippen LogP contribution >= 0.6 is 0 Å². The quantitative estimate of drug-likeness (QED) is 0.789. The molecule has 0 aromatic heterocycles. The van der Waals surface area contributed by atoms with Crippen LogP contribution in [0.5, 0.6) is 0 Å². The van der Waals surface area contributed by atoms with Gasteiger partial charge in [0.2, 0.25) is 0 Å². The van der Waals surface area contributed by atoms with Crippen LogP contribution in [0.15, 0.2) is 0 Å². The van der Waals surface area contributed by atoms with Gasteiger partial charge >= 0.3 is 0 Å². The first-order valence-electron chi connectivity index (χ1n) is 4.67. The first-order chi connectivity index (χ1) is 5.75. The maximum absolute atomic E-state index is 11.6. The van der Waals surface area contributed by atoms with E-state index in [4.69, 9.17) is 0 Å². The Bertz CT molecular complexity index is 305. The van der Waals surface area contributed by atoms with Crippen LogP contribution in [0.3, 0.4) is 0 Å². The van der Waals surface area contributed by atoms with E-state index in [-0.39, 0.29) is 0 Å². The summed E-state index contributed by atoms with van der Waals surface area (Å²) in [7, 11) is -3.20. The lowest BCUT2D eigenvalue weighted by Gasteiger charge is -2.47. The van der Waals surface area contributed by atoms with Crippen LogP contribution in [0, 0.1) is 5.41 Å². The van der Waals surface area contributed by atoms with Gasteiger partial charge in [0.25, 0.3) is 0 Å². The molecule has 0 aliphatic carbocycles. The molecule has 0 amide bonds. The fourth-order valence-electron chi connectivity index (χ4n) is 1.20. The number of rotatable bonds is 3. The zero-order chi connectivity index (χ0) is 12.0. The van der Waals surface area contributed by atoms with Gasteiger partial charge in [-0.25, -0.2) is 8.42 Å². The molecule has 0 atom stereocenters. The van der Waals surface area contributed by atoms with Crippen molar-refractivity contribution in [2.45, 2.75) is 51.9 Å². The molecular weight excluding hydrogens is 200 g/mol. The predicted molar refractivity (Wildman–Crippen MR) is 59.0 cm³/mol. The predicted octanol–water partition coefficient (Wildman–Crippen LogP) is 1.61. The van der Waals surface area contributed by atoms with Crippen molar-refractivity contribution in [3.05, 3.63) is 0 Å². The molecule has 86 valence electrons. The van der Waals surface area contributed by atoms with E-state index in [1.165, 1.54) is 6.26 Å². The lowest BCUT2D eigenvalue weighted by atomic mass is 9.69. The Balaban J connectivity index is 5.54. The topological polar surface area (TPSA) is 54.4 Å². The van der Waals surface area contributed by atoms with Gasteiger partial charge in [0.05, 0.1) is 10.3 Å². The van der Waals surface area contributed by atoms with Gasteiger partial charge in [-0.1, -0.05) is 13.8 Å². The zero-order valence-corrected chi connectivity index (χ0v) is 11.0. The third-order valence-electron chi connectivity index (χ3n) is 3.96. The number of hydrogen-bond acceptors (Lipinski definition) is 3. The summed E-state index contributed by atoms with van der Waals surface area (Å²) in [6, 6.07) is 0. The highest BCUT2D eigenvalue weighted by Gasteiger charge is 2.52. The summed E-state index contributed by atoms with van der Waals surface area (Å²) in [5.74, 6) is 0. The third kappa shape index (κ3) is 1.96. The van der Waals surface area contributed by atoms with E-state index >= 15 is 0 Å². The monoisotopic (exact) mass is 222 g/mol. The molecule has 0 fully saturated rings. The fraction of sp³-hybridized carbons (Fsp3) is 1.00. The molecular formula is C10H22O3S. The highest BCUT2D eigenvalue weighted by atomic mass is 32.2. The molecule has 4 heteroatoms. The smallest absolute Gasteiger partial charge is 0.153 e. The first kappa shape index (κ1) is 13.9. The minimum atomic E-state index is -3.20. The summed E-state index contributed by atoms with van der Waals surface area (Å²) in [6.45, 7) is 10.1. The summed E-state index contributed by atoms with van der Waals surface area (Å²) >= 11 is 0. The SMILES string of the molecule is CC(C)(O)C(C)(C)C(C)(C)S(C)(=O)=O. The van der Waals surface area contributed by atoms with Crippen LogP contribution in [0.2, 0.25) is 0 Å². The normalized spacial score (nSPS) is 15.7. The van der Waals surface area contributed by atoms with Gasteiger partial charge in [0.15, 0.2) is 9.84 Å². The molecule has 0 heterocycles. The molecule has 1 N–H and O–H groups in total. The Hall–Kier alpha value is -0.0900. The second-order valence-electron chi connectivity index (χ2n) is 5.47. The molecule has 0 bridgehead atoms. The van der Waals surface area contributed by atoms with Crippen molar-refractivity contribution in [2.75, 3.05) is 6.26 Å². The average Bonchev–Trinajstić information content (AvgIpc) is 1.81. The molecule has 0 saturated carbocycles. The molecule has 0 unspecified atom stereocenters. The van der Waals surface area contributed by atoms with Crippen molar-refractivity contribution in [1.29, 1.82) is 0 Å². The zero-order valence-electron chi connectivity index (χ0n) is 10.2. The van der Waals surface area contributed by atoms with E-state index in [0.717, 1.165) is 0 Å². The van der Waals surface area contributed by atoms with Crippen LogP contribution in [-0.2, 0) is 9.84 Å². The molecule has 0 aromatic carbocycles. The Kier molecular flexibility index (Phi) is 3.18. The van der Waals surface area contributed by atoms with E-state index < -0.39 is 25.6 Å². The Labute approximate surface area is 87.4 Å². The van der Waals surface area contributed by atoms with Crippen LogP contribution in [0.25, 0.3) is 0 Å². The van der Waals surface area contributed by atoms with Crippen LogP contribution < -0.4 is 0 Å². The lowest BCUT2D eigenvalue weighted by molar-refractivity contribution is -0.0525. The Morgan fingerprint density at radius 3 is 1.29 bits per heavy atom. The summed E-state index contributed by atoms with van der Waals surface area (Å²) in [5, 5.41) is 9.98. The summed E-state index contributed by atoms with van der Waals surface area (Å²) < 4.78 is 22.3. The summed E-state index contributed by atoms with van der Waals surface area (Å²) in [6.07, 6.45) is 1.21. The van der Waals surface area contributed by atoms with E-state index in [2.05, 4.69) is 0 Å². The third-order valence-corrected chi connectivity index (χ3v) is 6.33. The second-order valence-corrected chi connectivity index (χ2v) is 8.03. The highest BCUT2D eigenvalue weighted by Crippen LogP contribution is 2.44. The molecule has 3 nitrogen and oxygen atoms in total. The van der Waals surface area contributed by atoms with Crippen LogP contribution in [0.4, 0.5) is 0 Å². The molecule has 0 aromatic rings. The second kappa shape index (κ2) is 3.20. The molecule has 0 aliphatic heterocycles. The molecule has 0 spiro atoms. The van der Waals surface area contributed by atoms with E-state index in [1.54, 1.807) is 41.5 Å². The Morgan fingerprint density at radius 2 is 1.21 bits per heavy atom. The minimum Gasteiger partial charge on any atom is -0.390 e. The lowest BCUT2D eigenvalue weighted by Crippen LogP contribution is -2.56. The van der Waals surface area contributed by atoms with Gasteiger partial charge in [0, 0.05) is 11.7 Å². The Morgan fingerprint density at radius 1 is 0.929 bits per heavy atom. The fourth-order valence-corrected chi connectivity index (χ4v) is 2.38. The van der Waals surface area contributed by atoms with Gasteiger partial charge in [-0.05, 0) is 27.7 Å². The van der Waals surface area contributed by atoms with Crippen molar-refractivity contribution in [3.8, 4) is 0 Å². The summed E-state index contributed by atoms with van der Waals surface area (Å²) in [4.78, 5) is 0. The number of hydrogen-bond donors (Lipinski definition) is 1. The van der Waals surface area contributed by atoms with Gasteiger partial charge in [0.1, 0.15) is 0 Å². The van der Waals surface area contributed by atoms with Crippen molar-refractivity contribution >= 4 is 9.84 Å². The van der Waals surface area contributed by atoms with E-state index in [1.807, 2.05) is 0 Å². The highest BCUT2D eigenvalue weighted by molar-refractivity contribution is 7.92. The van der Waals surface area contributed by atoms with Crippen molar-refractivity contribution < 1.29 is 13.5 Å². The van der Waals surface area contributed by atoms with E-state index in [9.17, 15) is 13.5 Å².